The number of nitrogens with one attached hydrogen (secondary N) is 2. The van der Waals surface area contributed by atoms with Crippen LogP contribution in [0.5, 0.6) is 0 Å². The highest BCUT2D eigenvalue weighted by molar-refractivity contribution is 7.90. The van der Waals surface area contributed by atoms with Gasteiger partial charge in [-0.2, -0.15) is 12.7 Å². The first-order chi connectivity index (χ1) is 16.7. The summed E-state index contributed by atoms with van der Waals surface area (Å²) in [7, 11) is -3.69. The fourth-order valence-corrected chi connectivity index (χ4v) is 5.05. The standard InChI is InChI=1S/C23H25ClN4O6S/c1-15-21(25-23(29)33-16(2)19-5-3-4-6-20(19)24)22(34-26-15)17-7-9-18(10-8-17)27-35(30,31)28-11-13-32-14-12-28/h3-10,16,27H,11-14H2,1-2H3,(H,25,29). The molecule has 1 unspecified atom stereocenters. The quantitative estimate of drug-likeness (QED) is 0.466. The molecular weight excluding hydrogens is 496 g/mol. The molecule has 1 fully saturated rings. The molecule has 0 bridgehead atoms. The first-order valence-electron chi connectivity index (χ1n) is 10.9. The lowest BCUT2D eigenvalue weighted by Gasteiger charge is -2.26. The molecule has 12 heteroatoms. The SMILES string of the molecule is Cc1noc(-c2ccc(NS(=O)(=O)N3CCOCC3)cc2)c1NC(=O)OC(C)c1ccccc1Cl. The van der Waals surface area contributed by atoms with Crippen molar-refractivity contribution < 1.29 is 27.2 Å². The first kappa shape index (κ1) is 25.0. The van der Waals surface area contributed by atoms with Crippen molar-refractivity contribution >= 4 is 39.3 Å². The number of hydrogen-bond donors (Lipinski definition) is 2. The van der Waals surface area contributed by atoms with Gasteiger partial charge in [0.2, 0.25) is 0 Å². The Balaban J connectivity index is 1.45. The van der Waals surface area contributed by atoms with Gasteiger partial charge in [0.25, 0.3) is 0 Å². The van der Waals surface area contributed by atoms with E-state index in [1.165, 1.54) is 4.31 Å². The molecule has 4 rings (SSSR count). The van der Waals surface area contributed by atoms with Gasteiger partial charge in [-0.05, 0) is 44.2 Å². The van der Waals surface area contributed by atoms with Gasteiger partial charge in [-0.1, -0.05) is 35.0 Å². The predicted octanol–water partition coefficient (Wildman–Crippen LogP) is 4.60. The second-order valence-electron chi connectivity index (χ2n) is 7.86. The van der Waals surface area contributed by atoms with Crippen LogP contribution in [-0.2, 0) is 19.7 Å². The van der Waals surface area contributed by atoms with Gasteiger partial charge in [-0.3, -0.25) is 10.0 Å². The molecular formula is C23H25ClN4O6S. The number of ether oxygens (including phenoxy) is 2. The van der Waals surface area contributed by atoms with Gasteiger partial charge < -0.3 is 14.0 Å². The van der Waals surface area contributed by atoms with Gasteiger partial charge in [-0.25, -0.2) is 4.79 Å². The summed E-state index contributed by atoms with van der Waals surface area (Å²) in [5, 5.41) is 7.13. The molecule has 2 N–H and O–H groups in total. The summed E-state index contributed by atoms with van der Waals surface area (Å²) in [6, 6.07) is 13.7. The molecule has 10 nitrogen and oxygen atoms in total. The molecule has 1 aromatic heterocycles. The summed E-state index contributed by atoms with van der Waals surface area (Å²) in [5.41, 5.74) is 2.47. The first-order valence-corrected chi connectivity index (χ1v) is 12.7. The molecule has 2 aromatic carbocycles. The van der Waals surface area contributed by atoms with Crippen LogP contribution in [0.15, 0.2) is 53.1 Å². The lowest BCUT2D eigenvalue weighted by molar-refractivity contribution is 0.0733. The Labute approximate surface area is 208 Å². The molecule has 0 spiro atoms. The van der Waals surface area contributed by atoms with Crippen molar-refractivity contribution in [3.8, 4) is 11.3 Å². The van der Waals surface area contributed by atoms with Crippen LogP contribution in [0.2, 0.25) is 5.02 Å². The van der Waals surface area contributed by atoms with Crippen LogP contribution in [-0.4, -0.2) is 50.3 Å². The highest BCUT2D eigenvalue weighted by atomic mass is 35.5. The number of hydrogen-bond acceptors (Lipinski definition) is 7. The van der Waals surface area contributed by atoms with Gasteiger partial charge in [0.15, 0.2) is 5.76 Å². The third-order valence-electron chi connectivity index (χ3n) is 5.42. The molecule has 1 aliphatic heterocycles. The summed E-state index contributed by atoms with van der Waals surface area (Å²) in [6.07, 6.45) is -1.27. The van der Waals surface area contributed by atoms with Crippen molar-refractivity contribution in [2.24, 2.45) is 0 Å². The molecule has 1 saturated heterocycles. The normalized spacial score (nSPS) is 15.4. The lowest BCUT2D eigenvalue weighted by Crippen LogP contribution is -2.43. The molecule has 0 radical (unpaired) electrons. The van der Waals surface area contributed by atoms with E-state index in [0.29, 0.717) is 65.3 Å². The Morgan fingerprint density at radius 3 is 2.51 bits per heavy atom. The van der Waals surface area contributed by atoms with E-state index in [1.54, 1.807) is 56.3 Å². The molecule has 186 valence electrons. The average molecular weight is 521 g/mol. The number of rotatable bonds is 7. The highest BCUT2D eigenvalue weighted by Crippen LogP contribution is 2.33. The number of carbonyl (C=O) groups is 1. The van der Waals surface area contributed by atoms with E-state index in [9.17, 15) is 13.2 Å². The number of aryl methyl sites for hydroxylation is 1. The molecule has 1 atom stereocenters. The van der Waals surface area contributed by atoms with Gasteiger partial charge >= 0.3 is 16.3 Å². The van der Waals surface area contributed by atoms with Crippen LogP contribution in [0.1, 0.15) is 24.3 Å². The number of anilines is 2. The zero-order valence-corrected chi connectivity index (χ0v) is 20.7. The molecule has 35 heavy (non-hydrogen) atoms. The van der Waals surface area contributed by atoms with Gasteiger partial charge in [-0.15, -0.1) is 0 Å². The van der Waals surface area contributed by atoms with Crippen molar-refractivity contribution in [1.29, 1.82) is 0 Å². The summed E-state index contributed by atoms with van der Waals surface area (Å²) in [5.74, 6) is 0.312. The van der Waals surface area contributed by atoms with Crippen molar-refractivity contribution in [2.45, 2.75) is 20.0 Å². The van der Waals surface area contributed by atoms with Crippen LogP contribution < -0.4 is 10.0 Å². The largest absolute Gasteiger partial charge is 0.441 e. The van der Waals surface area contributed by atoms with Crippen LogP contribution >= 0.6 is 11.6 Å². The number of morpholine rings is 1. The van der Waals surface area contributed by atoms with Crippen molar-refractivity contribution in [3.05, 3.63) is 64.8 Å². The Morgan fingerprint density at radius 1 is 1.14 bits per heavy atom. The van der Waals surface area contributed by atoms with Crippen LogP contribution in [0.3, 0.4) is 0 Å². The van der Waals surface area contributed by atoms with E-state index >= 15 is 0 Å². The smallest absolute Gasteiger partial charge is 0.412 e. The monoisotopic (exact) mass is 520 g/mol. The third kappa shape index (κ3) is 5.93. The average Bonchev–Trinajstić information content (AvgIpc) is 3.20. The van der Waals surface area contributed by atoms with Crippen LogP contribution in [0, 0.1) is 6.92 Å². The number of nitrogens with zero attached hydrogens (tertiary/aromatic N) is 2. The molecule has 2 heterocycles. The fourth-order valence-electron chi connectivity index (χ4n) is 3.56. The maximum Gasteiger partial charge on any atom is 0.412 e. The van der Waals surface area contributed by atoms with Gasteiger partial charge in [0.1, 0.15) is 17.5 Å². The van der Waals surface area contributed by atoms with Crippen LogP contribution in [0.25, 0.3) is 11.3 Å². The molecule has 1 amide bonds. The molecule has 1 aliphatic rings. The Morgan fingerprint density at radius 2 is 1.83 bits per heavy atom. The van der Waals surface area contributed by atoms with E-state index in [-0.39, 0.29) is 0 Å². The second-order valence-corrected chi connectivity index (χ2v) is 9.94. The number of aromatic nitrogens is 1. The number of carbonyl (C=O) groups excluding carboxylic acids is 1. The van der Waals surface area contributed by atoms with Gasteiger partial charge in [0, 0.05) is 34.9 Å². The molecule has 0 aliphatic carbocycles. The summed E-state index contributed by atoms with van der Waals surface area (Å²) in [6.45, 7) is 4.72. The fraction of sp³-hybridized carbons (Fsp3) is 0.304. The number of amides is 1. The number of benzene rings is 2. The minimum Gasteiger partial charge on any atom is -0.441 e. The van der Waals surface area contributed by atoms with E-state index < -0.39 is 22.4 Å². The van der Waals surface area contributed by atoms with Crippen molar-refractivity contribution in [3.63, 3.8) is 0 Å². The van der Waals surface area contributed by atoms with E-state index in [2.05, 4.69) is 15.2 Å². The molecule has 0 saturated carbocycles. The lowest BCUT2D eigenvalue weighted by atomic mass is 10.1. The summed E-state index contributed by atoms with van der Waals surface area (Å²) >= 11 is 6.19. The van der Waals surface area contributed by atoms with Crippen LogP contribution in [0.4, 0.5) is 16.2 Å². The van der Waals surface area contributed by atoms with E-state index in [1.807, 2.05) is 6.07 Å². The Bertz CT molecular complexity index is 1290. The molecule has 3 aromatic rings. The third-order valence-corrected chi connectivity index (χ3v) is 7.30. The van der Waals surface area contributed by atoms with E-state index in [4.69, 9.17) is 25.6 Å². The minimum absolute atomic E-state index is 0.297. The highest BCUT2D eigenvalue weighted by Gasteiger charge is 2.25. The van der Waals surface area contributed by atoms with E-state index in [0.717, 1.165) is 0 Å². The zero-order chi connectivity index (χ0) is 25.0. The maximum absolute atomic E-state index is 12.6. The summed E-state index contributed by atoms with van der Waals surface area (Å²) < 4.78 is 45.1. The minimum atomic E-state index is -3.69. The van der Waals surface area contributed by atoms with Crippen molar-refractivity contribution in [2.75, 3.05) is 36.3 Å². The second kappa shape index (κ2) is 10.6. The van der Waals surface area contributed by atoms with Crippen molar-refractivity contribution in [1.82, 2.24) is 9.46 Å². The Hall–Kier alpha value is -3.12. The zero-order valence-electron chi connectivity index (χ0n) is 19.2. The van der Waals surface area contributed by atoms with Gasteiger partial charge in [0.05, 0.1) is 13.2 Å². The topological polar surface area (TPSA) is 123 Å². The maximum atomic E-state index is 12.6. The Kier molecular flexibility index (Phi) is 7.60. The predicted molar refractivity (Wildman–Crippen MR) is 132 cm³/mol. The summed E-state index contributed by atoms with van der Waals surface area (Å²) in [4.78, 5) is 12.6. The number of halogens is 1.